The van der Waals surface area contributed by atoms with Gasteiger partial charge >= 0.3 is 6.09 Å². The Balaban J connectivity index is 1.94. The Morgan fingerprint density at radius 2 is 1.78 bits per heavy atom. The molecule has 1 aliphatic heterocycles. The summed E-state index contributed by atoms with van der Waals surface area (Å²) in [5.41, 5.74) is 0.881. The number of hydrogen-bond acceptors (Lipinski definition) is 4. The molecule has 0 aromatic heterocycles. The van der Waals surface area contributed by atoms with E-state index in [2.05, 4.69) is 0 Å². The van der Waals surface area contributed by atoms with Gasteiger partial charge in [0, 0.05) is 31.7 Å². The Labute approximate surface area is 137 Å². The predicted molar refractivity (Wildman–Crippen MR) is 86.5 cm³/mol. The molecule has 0 unspecified atom stereocenters. The van der Waals surface area contributed by atoms with Crippen LogP contribution in [0.4, 0.5) is 4.79 Å². The zero-order valence-corrected chi connectivity index (χ0v) is 13.8. The minimum atomic E-state index is -0.300. The summed E-state index contributed by atoms with van der Waals surface area (Å²) >= 11 is 0. The quantitative estimate of drug-likeness (QED) is 0.850. The molecule has 0 saturated carbocycles. The number of para-hydroxylation sites is 1. The summed E-state index contributed by atoms with van der Waals surface area (Å²) in [6, 6.07) is 7.54. The zero-order valence-electron chi connectivity index (χ0n) is 13.8. The fourth-order valence-corrected chi connectivity index (χ4v) is 2.69. The monoisotopic (exact) mass is 320 g/mol. The van der Waals surface area contributed by atoms with E-state index in [1.807, 2.05) is 29.2 Å². The van der Waals surface area contributed by atoms with Crippen LogP contribution in [0, 0.1) is 0 Å². The third-order valence-corrected chi connectivity index (χ3v) is 3.91. The first-order valence-corrected chi connectivity index (χ1v) is 7.97. The summed E-state index contributed by atoms with van der Waals surface area (Å²) in [5.74, 6) is 0.782. The number of rotatable bonds is 4. The largest absolute Gasteiger partial charge is 0.496 e. The summed E-state index contributed by atoms with van der Waals surface area (Å²) in [5, 5.41) is 0. The lowest BCUT2D eigenvalue weighted by Crippen LogP contribution is -2.38. The van der Waals surface area contributed by atoms with Crippen LogP contribution in [0.5, 0.6) is 5.75 Å². The number of carbonyl (C=O) groups excluding carboxylic acids is 2. The number of benzene rings is 1. The third kappa shape index (κ3) is 4.61. The average Bonchev–Trinajstić information content (AvgIpc) is 2.81. The Morgan fingerprint density at radius 1 is 1.09 bits per heavy atom. The smallest absolute Gasteiger partial charge is 0.409 e. The van der Waals surface area contributed by atoms with Gasteiger partial charge in [0.1, 0.15) is 5.75 Å². The average molecular weight is 320 g/mol. The molecule has 2 rings (SSSR count). The van der Waals surface area contributed by atoms with Crippen LogP contribution in [-0.4, -0.2) is 61.7 Å². The molecule has 0 bridgehead atoms. The highest BCUT2D eigenvalue weighted by molar-refractivity contribution is 5.79. The second kappa shape index (κ2) is 8.41. The van der Waals surface area contributed by atoms with Crippen molar-refractivity contribution in [2.24, 2.45) is 0 Å². The fraction of sp³-hybridized carbons (Fsp3) is 0.529. The van der Waals surface area contributed by atoms with E-state index >= 15 is 0 Å². The lowest BCUT2D eigenvalue weighted by molar-refractivity contribution is -0.130. The number of ether oxygens (including phenoxy) is 2. The van der Waals surface area contributed by atoms with E-state index in [4.69, 9.17) is 9.47 Å². The van der Waals surface area contributed by atoms with Crippen LogP contribution >= 0.6 is 0 Å². The maximum atomic E-state index is 12.5. The maximum Gasteiger partial charge on any atom is 0.409 e. The standard InChI is InChI=1S/C17H24N2O4/c1-3-23-17(21)19-10-6-9-18(11-12-19)16(20)13-14-7-4-5-8-15(14)22-2/h4-5,7-8H,3,6,9-13H2,1-2H3. The van der Waals surface area contributed by atoms with Crippen LogP contribution in [0.1, 0.15) is 18.9 Å². The summed E-state index contributed by atoms with van der Waals surface area (Å²) in [4.78, 5) is 27.8. The van der Waals surface area contributed by atoms with Gasteiger partial charge in [0.25, 0.3) is 0 Å². The molecule has 1 aromatic carbocycles. The van der Waals surface area contributed by atoms with Crippen LogP contribution in [0.15, 0.2) is 24.3 Å². The first kappa shape index (κ1) is 17.1. The van der Waals surface area contributed by atoms with Gasteiger partial charge < -0.3 is 19.3 Å². The van der Waals surface area contributed by atoms with Gasteiger partial charge in [0.15, 0.2) is 0 Å². The van der Waals surface area contributed by atoms with Crippen molar-refractivity contribution in [2.45, 2.75) is 19.8 Å². The Morgan fingerprint density at radius 3 is 2.52 bits per heavy atom. The van der Waals surface area contributed by atoms with Crippen molar-refractivity contribution in [3.63, 3.8) is 0 Å². The molecule has 1 fully saturated rings. The highest BCUT2D eigenvalue weighted by Crippen LogP contribution is 2.19. The third-order valence-electron chi connectivity index (χ3n) is 3.91. The molecule has 0 spiro atoms. The van der Waals surface area contributed by atoms with E-state index in [0.29, 0.717) is 39.2 Å². The van der Waals surface area contributed by atoms with Gasteiger partial charge in [-0.3, -0.25) is 4.79 Å². The summed E-state index contributed by atoms with van der Waals surface area (Å²) in [6.45, 7) is 4.48. The van der Waals surface area contributed by atoms with Gasteiger partial charge in [-0.05, 0) is 19.4 Å². The summed E-state index contributed by atoms with van der Waals surface area (Å²) in [6.07, 6.45) is 0.770. The van der Waals surface area contributed by atoms with Gasteiger partial charge in [-0.25, -0.2) is 4.79 Å². The van der Waals surface area contributed by atoms with Gasteiger partial charge in [0.2, 0.25) is 5.91 Å². The van der Waals surface area contributed by atoms with Crippen LogP contribution in [-0.2, 0) is 16.0 Å². The van der Waals surface area contributed by atoms with E-state index in [-0.39, 0.29) is 12.0 Å². The highest BCUT2D eigenvalue weighted by atomic mass is 16.6. The minimum absolute atomic E-state index is 0.0557. The van der Waals surface area contributed by atoms with Crippen molar-refractivity contribution in [3.8, 4) is 5.75 Å². The molecule has 0 radical (unpaired) electrons. The van der Waals surface area contributed by atoms with Crippen molar-refractivity contribution >= 4 is 12.0 Å². The number of nitrogens with zero attached hydrogens (tertiary/aromatic N) is 2. The molecular weight excluding hydrogens is 296 g/mol. The molecule has 2 amide bonds. The van der Waals surface area contributed by atoms with Crippen LogP contribution in [0.2, 0.25) is 0 Å². The Hall–Kier alpha value is -2.24. The fourth-order valence-electron chi connectivity index (χ4n) is 2.69. The summed E-state index contributed by atoms with van der Waals surface area (Å²) < 4.78 is 10.3. The molecule has 1 saturated heterocycles. The molecule has 1 aliphatic rings. The lowest BCUT2D eigenvalue weighted by atomic mass is 10.1. The van der Waals surface area contributed by atoms with Crippen LogP contribution in [0.25, 0.3) is 0 Å². The predicted octanol–water partition coefficient (Wildman–Crippen LogP) is 1.93. The van der Waals surface area contributed by atoms with Crippen molar-refractivity contribution in [3.05, 3.63) is 29.8 Å². The molecule has 6 nitrogen and oxygen atoms in total. The van der Waals surface area contributed by atoms with E-state index in [1.54, 1.807) is 18.9 Å². The molecule has 1 aromatic rings. The molecular formula is C17H24N2O4. The van der Waals surface area contributed by atoms with Gasteiger partial charge in [0.05, 0.1) is 20.1 Å². The molecule has 1 heterocycles. The van der Waals surface area contributed by atoms with Crippen molar-refractivity contribution in [2.75, 3.05) is 39.9 Å². The van der Waals surface area contributed by atoms with E-state index in [1.165, 1.54) is 0 Å². The molecule has 0 aliphatic carbocycles. The first-order valence-electron chi connectivity index (χ1n) is 7.97. The van der Waals surface area contributed by atoms with E-state index < -0.39 is 0 Å². The SMILES string of the molecule is CCOC(=O)N1CCCN(C(=O)Cc2ccccc2OC)CC1. The van der Waals surface area contributed by atoms with E-state index in [9.17, 15) is 9.59 Å². The number of methoxy groups -OCH3 is 1. The second-order valence-electron chi connectivity index (χ2n) is 5.41. The zero-order chi connectivity index (χ0) is 16.7. The maximum absolute atomic E-state index is 12.5. The van der Waals surface area contributed by atoms with Crippen molar-refractivity contribution in [1.82, 2.24) is 9.80 Å². The number of amides is 2. The lowest BCUT2D eigenvalue weighted by Gasteiger charge is -2.22. The Kier molecular flexibility index (Phi) is 6.26. The molecule has 23 heavy (non-hydrogen) atoms. The number of hydrogen-bond donors (Lipinski definition) is 0. The highest BCUT2D eigenvalue weighted by Gasteiger charge is 2.23. The van der Waals surface area contributed by atoms with Gasteiger partial charge in [-0.2, -0.15) is 0 Å². The number of carbonyl (C=O) groups is 2. The Bertz CT molecular complexity index is 547. The minimum Gasteiger partial charge on any atom is -0.496 e. The molecule has 6 heteroatoms. The van der Waals surface area contributed by atoms with E-state index in [0.717, 1.165) is 17.7 Å². The first-order chi connectivity index (χ1) is 11.2. The van der Waals surface area contributed by atoms with Crippen molar-refractivity contribution < 1.29 is 19.1 Å². The van der Waals surface area contributed by atoms with Gasteiger partial charge in [-0.1, -0.05) is 18.2 Å². The summed E-state index contributed by atoms with van der Waals surface area (Å²) in [7, 11) is 1.60. The van der Waals surface area contributed by atoms with Crippen LogP contribution < -0.4 is 4.74 Å². The van der Waals surface area contributed by atoms with Crippen LogP contribution in [0.3, 0.4) is 0 Å². The topological polar surface area (TPSA) is 59.1 Å². The second-order valence-corrected chi connectivity index (χ2v) is 5.41. The normalized spacial score (nSPS) is 15.0. The van der Waals surface area contributed by atoms with Crippen molar-refractivity contribution in [1.29, 1.82) is 0 Å². The molecule has 0 N–H and O–H groups in total. The molecule has 126 valence electrons. The van der Waals surface area contributed by atoms with Gasteiger partial charge in [-0.15, -0.1) is 0 Å². The molecule has 0 atom stereocenters.